The molecule has 2 amide bonds. The number of hydrogen-bond donors (Lipinski definition) is 2. The fraction of sp³-hybridized carbons (Fsp3) is 0.355. The number of carbonyl (C=O) groups excluding carboxylic acids is 2. The molecular formula is C31H41N3O3. The zero-order valence-corrected chi connectivity index (χ0v) is 22.4. The van der Waals surface area contributed by atoms with Crippen LogP contribution in [0.4, 0.5) is 0 Å². The number of benzene rings is 3. The van der Waals surface area contributed by atoms with Crippen molar-refractivity contribution in [3.05, 3.63) is 95.6 Å². The Morgan fingerprint density at radius 3 is 1.95 bits per heavy atom. The number of aryl methyl sites for hydroxylation is 2. The highest BCUT2D eigenvalue weighted by atomic mass is 16.5. The van der Waals surface area contributed by atoms with Crippen LogP contribution in [0.5, 0.6) is 11.5 Å². The van der Waals surface area contributed by atoms with Gasteiger partial charge in [0.2, 0.25) is 12.3 Å². The van der Waals surface area contributed by atoms with E-state index in [1.807, 2.05) is 85.5 Å². The van der Waals surface area contributed by atoms with Gasteiger partial charge in [0.15, 0.2) is 0 Å². The lowest BCUT2D eigenvalue weighted by molar-refractivity contribution is -0.131. The molecule has 0 bridgehead atoms. The molecule has 198 valence electrons. The van der Waals surface area contributed by atoms with Crippen LogP contribution in [0, 0.1) is 6.92 Å². The van der Waals surface area contributed by atoms with Gasteiger partial charge < -0.3 is 20.3 Å². The van der Waals surface area contributed by atoms with Gasteiger partial charge in [-0.05, 0) is 43.0 Å². The number of amides is 2. The van der Waals surface area contributed by atoms with Crippen LogP contribution in [-0.2, 0) is 22.4 Å². The van der Waals surface area contributed by atoms with E-state index in [4.69, 9.17) is 4.74 Å². The normalized spacial score (nSPS) is 12.2. The molecule has 1 fully saturated rings. The summed E-state index contributed by atoms with van der Waals surface area (Å²) in [6, 6.07) is 25.9. The smallest absolute Gasteiger partial charge is 0.222 e. The molecule has 6 heteroatoms. The average Bonchev–Trinajstić information content (AvgIpc) is 2.96. The van der Waals surface area contributed by atoms with Crippen molar-refractivity contribution in [1.29, 1.82) is 0 Å². The van der Waals surface area contributed by atoms with Gasteiger partial charge in [-0.3, -0.25) is 9.59 Å². The number of para-hydroxylation sites is 2. The molecule has 1 aliphatic heterocycles. The average molecular weight is 504 g/mol. The monoisotopic (exact) mass is 503 g/mol. The molecule has 37 heavy (non-hydrogen) atoms. The molecule has 0 spiro atoms. The molecule has 1 heterocycles. The zero-order chi connectivity index (χ0) is 26.7. The summed E-state index contributed by atoms with van der Waals surface area (Å²) in [6.07, 6.45) is 2.52. The van der Waals surface area contributed by atoms with Gasteiger partial charge in [0.05, 0.1) is 0 Å². The van der Waals surface area contributed by atoms with E-state index in [2.05, 4.69) is 29.7 Å². The Balaban J connectivity index is 0.000000455. The van der Waals surface area contributed by atoms with Crippen molar-refractivity contribution in [3.63, 3.8) is 0 Å². The van der Waals surface area contributed by atoms with Gasteiger partial charge in [-0.15, -0.1) is 0 Å². The van der Waals surface area contributed by atoms with Gasteiger partial charge >= 0.3 is 0 Å². The summed E-state index contributed by atoms with van der Waals surface area (Å²) < 4.78 is 6.20. The van der Waals surface area contributed by atoms with Crippen LogP contribution in [0.3, 0.4) is 0 Å². The minimum absolute atomic E-state index is 0.191. The Kier molecular flexibility index (Phi) is 14.2. The van der Waals surface area contributed by atoms with Crippen LogP contribution < -0.4 is 15.4 Å². The van der Waals surface area contributed by atoms with Gasteiger partial charge in [-0.25, -0.2) is 0 Å². The molecule has 0 unspecified atom stereocenters. The van der Waals surface area contributed by atoms with E-state index in [0.717, 1.165) is 48.8 Å². The van der Waals surface area contributed by atoms with E-state index in [9.17, 15) is 9.59 Å². The fourth-order valence-electron chi connectivity index (χ4n) is 3.85. The summed E-state index contributed by atoms with van der Waals surface area (Å²) >= 11 is 0. The highest BCUT2D eigenvalue weighted by molar-refractivity contribution is 5.76. The molecular weight excluding hydrogens is 462 g/mol. The van der Waals surface area contributed by atoms with Crippen molar-refractivity contribution in [2.24, 2.45) is 0 Å². The van der Waals surface area contributed by atoms with Crippen molar-refractivity contribution in [2.75, 3.05) is 32.7 Å². The van der Waals surface area contributed by atoms with E-state index in [-0.39, 0.29) is 5.91 Å². The number of piperazine rings is 1. The number of hydrogen-bond acceptors (Lipinski definition) is 4. The predicted octanol–water partition coefficient (Wildman–Crippen LogP) is 5.15. The number of rotatable bonds is 9. The lowest BCUT2D eigenvalue weighted by Crippen LogP contribution is -2.46. The molecule has 0 aliphatic carbocycles. The Morgan fingerprint density at radius 1 is 0.865 bits per heavy atom. The van der Waals surface area contributed by atoms with Crippen molar-refractivity contribution in [1.82, 2.24) is 15.5 Å². The molecule has 3 aromatic rings. The van der Waals surface area contributed by atoms with Crippen LogP contribution in [0.25, 0.3) is 0 Å². The first-order valence-electron chi connectivity index (χ1n) is 13.2. The third-order valence-electron chi connectivity index (χ3n) is 5.81. The Labute approximate surface area is 222 Å². The maximum atomic E-state index is 12.5. The van der Waals surface area contributed by atoms with E-state index in [0.29, 0.717) is 32.2 Å². The number of nitrogens with one attached hydrogen (secondary N) is 2. The standard InChI is InChI=1S/C22H27N3O3.C7H8.C2H6/c26-17-24-12-11-19-6-2-4-8-21(19)28-20-7-3-1-5-18(20)9-10-22(27)25-15-13-23-14-16-25;1-7-5-3-2-4-6-7;1-2/h1-8,17,23H,9-16H2,(H,24,26);2-6H,1H3;1-2H3. The maximum Gasteiger partial charge on any atom is 0.222 e. The summed E-state index contributed by atoms with van der Waals surface area (Å²) in [6.45, 7) is 9.92. The first kappa shape index (κ1) is 29.6. The summed E-state index contributed by atoms with van der Waals surface area (Å²) in [5.74, 6) is 1.74. The van der Waals surface area contributed by atoms with Crippen molar-refractivity contribution in [3.8, 4) is 11.5 Å². The van der Waals surface area contributed by atoms with Crippen molar-refractivity contribution >= 4 is 12.3 Å². The predicted molar refractivity (Wildman–Crippen MR) is 151 cm³/mol. The van der Waals surface area contributed by atoms with Crippen LogP contribution in [-0.4, -0.2) is 49.9 Å². The second-order valence-corrected chi connectivity index (χ2v) is 8.42. The Bertz CT molecular complexity index is 1050. The summed E-state index contributed by atoms with van der Waals surface area (Å²) in [4.78, 5) is 24.9. The lowest BCUT2D eigenvalue weighted by Gasteiger charge is -2.27. The Morgan fingerprint density at radius 2 is 1.41 bits per heavy atom. The third kappa shape index (κ3) is 10.9. The first-order valence-corrected chi connectivity index (χ1v) is 13.2. The van der Waals surface area contributed by atoms with E-state index < -0.39 is 0 Å². The molecule has 1 saturated heterocycles. The molecule has 4 rings (SSSR count). The van der Waals surface area contributed by atoms with E-state index in [1.54, 1.807) is 0 Å². The van der Waals surface area contributed by atoms with E-state index >= 15 is 0 Å². The topological polar surface area (TPSA) is 70.7 Å². The van der Waals surface area contributed by atoms with Gasteiger partial charge in [0.1, 0.15) is 11.5 Å². The number of nitrogens with zero attached hydrogens (tertiary/aromatic N) is 1. The summed E-state index contributed by atoms with van der Waals surface area (Å²) in [7, 11) is 0. The first-order chi connectivity index (χ1) is 18.2. The molecule has 3 aromatic carbocycles. The molecule has 0 saturated carbocycles. The molecule has 0 radical (unpaired) electrons. The second kappa shape index (κ2) is 17.7. The maximum absolute atomic E-state index is 12.5. The third-order valence-corrected chi connectivity index (χ3v) is 5.81. The molecule has 2 N–H and O–H groups in total. The van der Waals surface area contributed by atoms with Crippen molar-refractivity contribution in [2.45, 2.75) is 40.0 Å². The Hall–Kier alpha value is -3.64. The molecule has 0 atom stereocenters. The molecule has 6 nitrogen and oxygen atoms in total. The highest BCUT2D eigenvalue weighted by Crippen LogP contribution is 2.29. The quantitative estimate of drug-likeness (QED) is 0.313. The summed E-state index contributed by atoms with van der Waals surface area (Å²) in [5, 5.41) is 5.95. The zero-order valence-electron chi connectivity index (χ0n) is 22.4. The second-order valence-electron chi connectivity index (χ2n) is 8.42. The van der Waals surface area contributed by atoms with Crippen LogP contribution in [0.15, 0.2) is 78.9 Å². The van der Waals surface area contributed by atoms with Crippen LogP contribution >= 0.6 is 0 Å². The van der Waals surface area contributed by atoms with E-state index in [1.165, 1.54) is 5.56 Å². The lowest BCUT2D eigenvalue weighted by atomic mass is 10.1. The fourth-order valence-corrected chi connectivity index (χ4v) is 3.85. The van der Waals surface area contributed by atoms with Crippen LogP contribution in [0.1, 0.15) is 37.0 Å². The number of carbonyl (C=O) groups is 2. The largest absolute Gasteiger partial charge is 0.457 e. The molecule has 1 aliphatic rings. The van der Waals surface area contributed by atoms with Crippen LogP contribution in [0.2, 0.25) is 0 Å². The van der Waals surface area contributed by atoms with Gasteiger partial charge in [0, 0.05) is 39.1 Å². The summed E-state index contributed by atoms with van der Waals surface area (Å²) in [5.41, 5.74) is 3.37. The molecule has 0 aromatic heterocycles. The van der Waals surface area contributed by atoms with Gasteiger partial charge in [-0.2, -0.15) is 0 Å². The van der Waals surface area contributed by atoms with Gasteiger partial charge in [0.25, 0.3) is 0 Å². The van der Waals surface area contributed by atoms with Gasteiger partial charge in [-0.1, -0.05) is 86.1 Å². The number of ether oxygens (including phenoxy) is 1. The minimum atomic E-state index is 0.191. The highest BCUT2D eigenvalue weighted by Gasteiger charge is 2.17. The SMILES string of the molecule is CC.Cc1ccccc1.O=CNCCc1ccccc1Oc1ccccc1CCC(=O)N1CCNCC1. The minimum Gasteiger partial charge on any atom is -0.457 e. The van der Waals surface area contributed by atoms with Crippen molar-refractivity contribution < 1.29 is 14.3 Å².